The summed E-state index contributed by atoms with van der Waals surface area (Å²) in [5, 5.41) is 1.16. The molecule has 9 nitrogen and oxygen atoms in total. The highest BCUT2D eigenvalue weighted by molar-refractivity contribution is 6.13. The summed E-state index contributed by atoms with van der Waals surface area (Å²) in [6.45, 7) is 1.29. The van der Waals surface area contributed by atoms with Gasteiger partial charge in [-0.3, -0.25) is 19.8 Å². The summed E-state index contributed by atoms with van der Waals surface area (Å²) in [5.41, 5.74) is 5.53. The number of pyridine rings is 2. The molecular formula is C32H23N5O4. The molecule has 1 amide bonds. The van der Waals surface area contributed by atoms with E-state index in [-0.39, 0.29) is 17.9 Å². The Morgan fingerprint density at radius 3 is 2.44 bits per heavy atom. The Hall–Kier alpha value is -5.70. The lowest BCUT2D eigenvalue weighted by Crippen LogP contribution is -2.37. The lowest BCUT2D eigenvalue weighted by atomic mass is 9.97. The molecule has 0 spiro atoms. The molecule has 0 fully saturated rings. The number of carbonyl (C=O) groups excluding carboxylic acids is 2. The SMILES string of the molecule is Cc1nc2ccccc2c(=O)n1NC(=O)COc1ccc(C(=O)c2cc3cccnc3nc2-c2ccccc2)cc1. The molecule has 3 aromatic heterocycles. The average molecular weight is 542 g/mol. The Balaban J connectivity index is 1.19. The highest BCUT2D eigenvalue weighted by Gasteiger charge is 2.18. The molecule has 0 bridgehead atoms. The van der Waals surface area contributed by atoms with Crippen molar-refractivity contribution in [3.05, 3.63) is 131 Å². The van der Waals surface area contributed by atoms with Crippen molar-refractivity contribution in [2.24, 2.45) is 0 Å². The number of ether oxygens (including phenoxy) is 1. The van der Waals surface area contributed by atoms with E-state index < -0.39 is 5.91 Å². The zero-order valence-electron chi connectivity index (χ0n) is 21.9. The van der Waals surface area contributed by atoms with Gasteiger partial charge in [0, 0.05) is 28.3 Å². The van der Waals surface area contributed by atoms with Crippen LogP contribution in [0.2, 0.25) is 0 Å². The van der Waals surface area contributed by atoms with Gasteiger partial charge in [0.25, 0.3) is 11.5 Å². The van der Waals surface area contributed by atoms with E-state index in [0.717, 1.165) is 15.6 Å². The van der Waals surface area contributed by atoms with Crippen molar-refractivity contribution >= 4 is 33.6 Å². The van der Waals surface area contributed by atoms with Gasteiger partial charge in [0.15, 0.2) is 18.0 Å². The molecular weight excluding hydrogens is 518 g/mol. The third-order valence-corrected chi connectivity index (χ3v) is 6.55. The summed E-state index contributed by atoms with van der Waals surface area (Å²) in [4.78, 5) is 52.4. The van der Waals surface area contributed by atoms with E-state index in [9.17, 15) is 14.4 Å². The highest BCUT2D eigenvalue weighted by Crippen LogP contribution is 2.27. The van der Waals surface area contributed by atoms with Gasteiger partial charge in [-0.2, -0.15) is 0 Å². The van der Waals surface area contributed by atoms with Crippen molar-refractivity contribution in [2.45, 2.75) is 6.92 Å². The number of ketones is 1. The van der Waals surface area contributed by atoms with Crippen LogP contribution in [0.25, 0.3) is 33.2 Å². The molecule has 6 aromatic rings. The number of benzene rings is 3. The Kier molecular flexibility index (Phi) is 6.75. The van der Waals surface area contributed by atoms with Crippen molar-refractivity contribution < 1.29 is 14.3 Å². The minimum absolute atomic E-state index is 0.204. The molecule has 0 aliphatic carbocycles. The van der Waals surface area contributed by atoms with Crippen LogP contribution < -0.4 is 15.7 Å². The Morgan fingerprint density at radius 1 is 0.878 bits per heavy atom. The number of carbonyl (C=O) groups is 2. The fraction of sp³-hybridized carbons (Fsp3) is 0.0625. The first-order valence-electron chi connectivity index (χ1n) is 12.8. The summed E-state index contributed by atoms with van der Waals surface area (Å²) < 4.78 is 6.72. The molecule has 0 radical (unpaired) electrons. The van der Waals surface area contributed by atoms with Gasteiger partial charge in [-0.15, -0.1) is 0 Å². The molecule has 0 aliphatic heterocycles. The van der Waals surface area contributed by atoms with E-state index in [1.54, 1.807) is 73.8 Å². The molecule has 0 atom stereocenters. The number of amides is 1. The first-order chi connectivity index (χ1) is 20.0. The van der Waals surface area contributed by atoms with Gasteiger partial charge in [0.05, 0.1) is 16.6 Å². The van der Waals surface area contributed by atoms with Gasteiger partial charge in [0.1, 0.15) is 11.6 Å². The molecule has 6 rings (SSSR count). The lowest BCUT2D eigenvalue weighted by Gasteiger charge is -2.13. The molecule has 3 aromatic carbocycles. The molecule has 0 unspecified atom stereocenters. The minimum Gasteiger partial charge on any atom is -0.484 e. The normalized spacial score (nSPS) is 11.0. The summed E-state index contributed by atoms with van der Waals surface area (Å²) in [6.07, 6.45) is 1.67. The molecule has 0 aliphatic rings. The third kappa shape index (κ3) is 5.16. The first kappa shape index (κ1) is 25.6. The number of rotatable bonds is 7. The third-order valence-electron chi connectivity index (χ3n) is 6.55. The number of nitrogens with zero attached hydrogens (tertiary/aromatic N) is 4. The molecule has 9 heteroatoms. The van der Waals surface area contributed by atoms with Gasteiger partial charge in [-0.1, -0.05) is 42.5 Å². The van der Waals surface area contributed by atoms with Gasteiger partial charge in [0.2, 0.25) is 0 Å². The van der Waals surface area contributed by atoms with Crippen LogP contribution in [0, 0.1) is 6.92 Å². The van der Waals surface area contributed by atoms with E-state index >= 15 is 0 Å². The smallest absolute Gasteiger partial charge is 0.280 e. The summed E-state index contributed by atoms with van der Waals surface area (Å²) in [6, 6.07) is 28.4. The number of aryl methyl sites for hydroxylation is 1. The molecule has 41 heavy (non-hydrogen) atoms. The maximum Gasteiger partial charge on any atom is 0.280 e. The second kappa shape index (κ2) is 10.8. The van der Waals surface area contributed by atoms with E-state index in [0.29, 0.717) is 44.9 Å². The van der Waals surface area contributed by atoms with Gasteiger partial charge in [-0.05, 0) is 61.5 Å². The van der Waals surface area contributed by atoms with Gasteiger partial charge >= 0.3 is 0 Å². The van der Waals surface area contributed by atoms with Crippen molar-refractivity contribution in [1.29, 1.82) is 0 Å². The molecule has 0 saturated heterocycles. The Bertz CT molecular complexity index is 1990. The number of aromatic nitrogens is 4. The predicted molar refractivity (Wildman–Crippen MR) is 155 cm³/mol. The van der Waals surface area contributed by atoms with E-state index in [1.165, 1.54) is 0 Å². The maximum atomic E-state index is 13.6. The fourth-order valence-electron chi connectivity index (χ4n) is 4.53. The van der Waals surface area contributed by atoms with Gasteiger partial charge in [-0.25, -0.2) is 19.6 Å². The van der Waals surface area contributed by atoms with Crippen LogP contribution in [0.1, 0.15) is 21.7 Å². The Morgan fingerprint density at radius 2 is 1.63 bits per heavy atom. The molecule has 200 valence electrons. The van der Waals surface area contributed by atoms with Crippen LogP contribution in [0.3, 0.4) is 0 Å². The number of nitrogens with one attached hydrogen (secondary N) is 1. The van der Waals surface area contributed by atoms with E-state index in [4.69, 9.17) is 9.72 Å². The Labute approximate surface area is 234 Å². The number of fused-ring (bicyclic) bond motifs is 2. The average Bonchev–Trinajstić information content (AvgIpc) is 3.01. The molecule has 0 saturated carbocycles. The fourth-order valence-corrected chi connectivity index (χ4v) is 4.53. The second-order valence-electron chi connectivity index (χ2n) is 9.29. The predicted octanol–water partition coefficient (Wildman–Crippen LogP) is 4.70. The highest BCUT2D eigenvalue weighted by atomic mass is 16.5. The van der Waals surface area contributed by atoms with Crippen molar-refractivity contribution in [3.63, 3.8) is 0 Å². The van der Waals surface area contributed by atoms with Crippen molar-refractivity contribution in [2.75, 3.05) is 12.0 Å². The lowest BCUT2D eigenvalue weighted by molar-refractivity contribution is -0.119. The minimum atomic E-state index is -0.532. The zero-order chi connectivity index (χ0) is 28.3. The van der Waals surface area contributed by atoms with Crippen molar-refractivity contribution in [1.82, 2.24) is 19.6 Å². The zero-order valence-corrected chi connectivity index (χ0v) is 21.9. The largest absolute Gasteiger partial charge is 0.484 e. The summed E-state index contributed by atoms with van der Waals surface area (Å²) in [5.74, 6) is 0.00103. The van der Waals surface area contributed by atoms with Crippen LogP contribution in [-0.4, -0.2) is 37.9 Å². The maximum absolute atomic E-state index is 13.6. The quantitative estimate of drug-likeness (QED) is 0.291. The van der Waals surface area contributed by atoms with Crippen LogP contribution >= 0.6 is 0 Å². The first-order valence-corrected chi connectivity index (χ1v) is 12.8. The standard InChI is InChI=1S/C32H23N5O4/c1-20-34-27-12-6-5-11-25(27)32(40)37(20)36-28(38)19-41-24-15-13-22(14-16-24)30(39)26-18-23-10-7-17-33-31(23)35-29(26)21-8-3-2-4-9-21/h2-18H,19H2,1H3,(H,36,38). The molecule has 1 N–H and O–H groups in total. The van der Waals surface area contributed by atoms with Crippen LogP contribution in [-0.2, 0) is 4.79 Å². The van der Waals surface area contributed by atoms with Gasteiger partial charge < -0.3 is 4.74 Å². The van der Waals surface area contributed by atoms with Crippen LogP contribution in [0.4, 0.5) is 0 Å². The topological polar surface area (TPSA) is 116 Å². The molecule has 3 heterocycles. The van der Waals surface area contributed by atoms with Crippen LogP contribution in [0.5, 0.6) is 5.75 Å². The van der Waals surface area contributed by atoms with E-state index in [2.05, 4.69) is 15.4 Å². The summed E-state index contributed by atoms with van der Waals surface area (Å²) >= 11 is 0. The number of hydrogen-bond donors (Lipinski definition) is 1. The number of hydrogen-bond acceptors (Lipinski definition) is 7. The number of para-hydroxylation sites is 1. The van der Waals surface area contributed by atoms with Crippen LogP contribution in [0.15, 0.2) is 108 Å². The second-order valence-corrected chi connectivity index (χ2v) is 9.29. The summed E-state index contributed by atoms with van der Waals surface area (Å²) in [7, 11) is 0. The monoisotopic (exact) mass is 541 g/mol. The van der Waals surface area contributed by atoms with E-state index in [1.807, 2.05) is 36.4 Å². The van der Waals surface area contributed by atoms with Crippen molar-refractivity contribution in [3.8, 4) is 17.0 Å².